The summed E-state index contributed by atoms with van der Waals surface area (Å²) in [5, 5.41) is 3.58. The molecule has 0 radical (unpaired) electrons. The zero-order chi connectivity index (χ0) is 11.2. The minimum Gasteiger partial charge on any atom is -0.330 e. The molecule has 0 amide bonds. The van der Waals surface area contributed by atoms with Crippen LogP contribution >= 0.6 is 37.2 Å². The van der Waals surface area contributed by atoms with Crippen molar-refractivity contribution in [2.75, 3.05) is 32.7 Å². The highest BCUT2D eigenvalue weighted by Crippen LogP contribution is 2.30. The molecule has 0 aliphatic carbocycles. The lowest BCUT2D eigenvalue weighted by Crippen LogP contribution is -2.50. The quantitative estimate of drug-likeness (QED) is 0.759. The molecule has 2 fully saturated rings. The Hall–Kier alpha value is 0.750. The second kappa shape index (κ2) is 12.5. The average Bonchev–Trinajstić information content (AvgIpc) is 2.35. The molecule has 6 heteroatoms. The first-order chi connectivity index (χ1) is 7.92. The maximum absolute atomic E-state index is 5.51. The van der Waals surface area contributed by atoms with E-state index in [2.05, 4.69) is 10.2 Å². The molecule has 1 unspecified atom stereocenters. The van der Waals surface area contributed by atoms with Gasteiger partial charge in [-0.2, -0.15) is 0 Å². The van der Waals surface area contributed by atoms with Gasteiger partial charge in [-0.15, -0.1) is 37.2 Å². The summed E-state index contributed by atoms with van der Waals surface area (Å²) in [7, 11) is 0. The van der Waals surface area contributed by atoms with E-state index in [1.807, 2.05) is 0 Å². The molecule has 2 aliphatic heterocycles. The van der Waals surface area contributed by atoms with Crippen molar-refractivity contribution >= 4 is 37.2 Å². The fourth-order valence-electron chi connectivity index (χ4n) is 3.33. The summed E-state index contributed by atoms with van der Waals surface area (Å²) in [6.07, 6.45) is 8.24. The van der Waals surface area contributed by atoms with Crippen LogP contribution in [0.5, 0.6) is 0 Å². The number of nitrogens with one attached hydrogen (secondary N) is 1. The van der Waals surface area contributed by atoms with Crippen LogP contribution in [0.4, 0.5) is 0 Å². The standard InChI is InChI=1S/C13H27N3.3ClH/c14-7-4-8-15-11-12-5-3-10-16-9-2-1-6-13(12)16;;;/h12-13,15H,1-11,14H2;3*1H/t12?,13-;;;/m1.../s1. The zero-order valence-electron chi connectivity index (χ0n) is 11.7. The lowest BCUT2D eigenvalue weighted by molar-refractivity contribution is 0.0595. The average molecular weight is 335 g/mol. The van der Waals surface area contributed by atoms with Gasteiger partial charge in [0.1, 0.15) is 0 Å². The summed E-state index contributed by atoms with van der Waals surface area (Å²) in [6.45, 7) is 5.82. The maximum Gasteiger partial charge on any atom is 0.0136 e. The van der Waals surface area contributed by atoms with E-state index in [9.17, 15) is 0 Å². The van der Waals surface area contributed by atoms with Crippen LogP contribution in [0.15, 0.2) is 0 Å². The molecular formula is C13H30Cl3N3. The van der Waals surface area contributed by atoms with Gasteiger partial charge in [0, 0.05) is 6.04 Å². The number of hydrogen-bond donors (Lipinski definition) is 2. The van der Waals surface area contributed by atoms with Gasteiger partial charge in [0.2, 0.25) is 0 Å². The normalized spacial score (nSPS) is 26.4. The van der Waals surface area contributed by atoms with Gasteiger partial charge in [0.15, 0.2) is 0 Å². The molecule has 0 bridgehead atoms. The van der Waals surface area contributed by atoms with Gasteiger partial charge in [0.05, 0.1) is 0 Å². The van der Waals surface area contributed by atoms with E-state index < -0.39 is 0 Å². The monoisotopic (exact) mass is 333 g/mol. The summed E-state index contributed by atoms with van der Waals surface area (Å²) in [4.78, 5) is 2.74. The van der Waals surface area contributed by atoms with Crippen molar-refractivity contribution in [1.29, 1.82) is 0 Å². The first-order valence-corrected chi connectivity index (χ1v) is 7.06. The number of fused-ring (bicyclic) bond motifs is 1. The first kappa shape index (κ1) is 22.0. The number of halogens is 3. The van der Waals surface area contributed by atoms with Crippen molar-refractivity contribution in [1.82, 2.24) is 10.2 Å². The van der Waals surface area contributed by atoms with Crippen LogP contribution < -0.4 is 11.1 Å². The van der Waals surface area contributed by atoms with Crippen LogP contribution in [-0.2, 0) is 0 Å². The molecule has 2 saturated heterocycles. The maximum atomic E-state index is 5.51. The smallest absolute Gasteiger partial charge is 0.0136 e. The van der Waals surface area contributed by atoms with Gasteiger partial charge in [0.25, 0.3) is 0 Å². The van der Waals surface area contributed by atoms with E-state index in [1.165, 1.54) is 51.7 Å². The van der Waals surface area contributed by atoms with E-state index in [-0.39, 0.29) is 37.2 Å². The molecule has 3 nitrogen and oxygen atoms in total. The van der Waals surface area contributed by atoms with E-state index in [0.717, 1.165) is 31.5 Å². The van der Waals surface area contributed by atoms with Crippen LogP contribution in [0.2, 0.25) is 0 Å². The van der Waals surface area contributed by atoms with Crippen LogP contribution in [-0.4, -0.2) is 43.7 Å². The second-order valence-corrected chi connectivity index (χ2v) is 5.35. The number of rotatable bonds is 5. The molecule has 2 atom stereocenters. The Balaban J connectivity index is 0. The Kier molecular flexibility index (Phi) is 14.5. The third-order valence-corrected chi connectivity index (χ3v) is 4.19. The largest absolute Gasteiger partial charge is 0.330 e. The lowest BCUT2D eigenvalue weighted by Gasteiger charge is -2.44. The summed E-state index contributed by atoms with van der Waals surface area (Å²) in [5.74, 6) is 0.895. The molecule has 2 aliphatic rings. The molecular weight excluding hydrogens is 305 g/mol. The predicted molar refractivity (Wildman–Crippen MR) is 90.2 cm³/mol. The highest BCUT2D eigenvalue weighted by atomic mass is 35.5. The van der Waals surface area contributed by atoms with Crippen LogP contribution in [0.25, 0.3) is 0 Å². The van der Waals surface area contributed by atoms with Crippen molar-refractivity contribution in [2.24, 2.45) is 11.7 Å². The van der Waals surface area contributed by atoms with E-state index in [4.69, 9.17) is 5.73 Å². The topological polar surface area (TPSA) is 41.3 Å². The molecule has 0 spiro atoms. The summed E-state index contributed by atoms with van der Waals surface area (Å²) in [6, 6.07) is 0.882. The van der Waals surface area contributed by atoms with Gasteiger partial charge in [-0.25, -0.2) is 0 Å². The van der Waals surface area contributed by atoms with Gasteiger partial charge in [-0.05, 0) is 70.7 Å². The van der Waals surface area contributed by atoms with E-state index >= 15 is 0 Å². The van der Waals surface area contributed by atoms with Crippen LogP contribution in [0.3, 0.4) is 0 Å². The van der Waals surface area contributed by atoms with Crippen molar-refractivity contribution in [2.45, 2.75) is 44.6 Å². The Labute approximate surface area is 136 Å². The minimum absolute atomic E-state index is 0. The number of piperidine rings is 2. The molecule has 0 aromatic heterocycles. The fourth-order valence-corrected chi connectivity index (χ4v) is 3.33. The minimum atomic E-state index is 0. The molecule has 19 heavy (non-hydrogen) atoms. The zero-order valence-corrected chi connectivity index (χ0v) is 14.1. The summed E-state index contributed by atoms with van der Waals surface area (Å²) >= 11 is 0. The SMILES string of the molecule is Cl.Cl.Cl.NCCCNCC1CCCN2CCCC[C@H]12. The molecule has 2 heterocycles. The predicted octanol–water partition coefficient (Wildman–Crippen LogP) is 2.45. The number of hydrogen-bond acceptors (Lipinski definition) is 3. The molecule has 0 aromatic carbocycles. The van der Waals surface area contributed by atoms with Gasteiger partial charge < -0.3 is 16.0 Å². The Morgan fingerprint density at radius 2 is 1.74 bits per heavy atom. The number of nitrogens with zero attached hydrogens (tertiary/aromatic N) is 1. The van der Waals surface area contributed by atoms with Crippen molar-refractivity contribution < 1.29 is 0 Å². The highest BCUT2D eigenvalue weighted by molar-refractivity contribution is 5.86. The van der Waals surface area contributed by atoms with E-state index in [1.54, 1.807) is 0 Å². The fraction of sp³-hybridized carbons (Fsp3) is 1.00. The van der Waals surface area contributed by atoms with Crippen LogP contribution in [0.1, 0.15) is 38.5 Å². The summed E-state index contributed by atoms with van der Waals surface area (Å²) < 4.78 is 0. The van der Waals surface area contributed by atoms with Crippen molar-refractivity contribution in [3.8, 4) is 0 Å². The first-order valence-electron chi connectivity index (χ1n) is 7.06. The Bertz CT molecular complexity index is 206. The van der Waals surface area contributed by atoms with E-state index in [0.29, 0.717) is 0 Å². The van der Waals surface area contributed by atoms with Crippen LogP contribution in [0, 0.1) is 5.92 Å². The second-order valence-electron chi connectivity index (χ2n) is 5.35. The number of nitrogens with two attached hydrogens (primary N) is 1. The Morgan fingerprint density at radius 3 is 2.47 bits per heavy atom. The molecule has 0 aromatic rings. The molecule has 118 valence electrons. The molecule has 3 N–H and O–H groups in total. The molecule has 0 saturated carbocycles. The third kappa shape index (κ3) is 6.83. The van der Waals surface area contributed by atoms with Crippen molar-refractivity contribution in [3.63, 3.8) is 0 Å². The van der Waals surface area contributed by atoms with Gasteiger partial charge in [-0.1, -0.05) is 6.42 Å². The summed E-state index contributed by atoms with van der Waals surface area (Å²) in [5.41, 5.74) is 5.51. The van der Waals surface area contributed by atoms with Gasteiger partial charge >= 0.3 is 0 Å². The molecule has 2 rings (SSSR count). The third-order valence-electron chi connectivity index (χ3n) is 4.19. The lowest BCUT2D eigenvalue weighted by atomic mass is 9.83. The van der Waals surface area contributed by atoms with Crippen molar-refractivity contribution in [3.05, 3.63) is 0 Å². The Morgan fingerprint density at radius 1 is 1.00 bits per heavy atom. The highest BCUT2D eigenvalue weighted by Gasteiger charge is 2.32. The van der Waals surface area contributed by atoms with Gasteiger partial charge in [-0.3, -0.25) is 0 Å².